The fourth-order valence-corrected chi connectivity index (χ4v) is 3.89. The molecule has 1 aliphatic heterocycles. The van der Waals surface area contributed by atoms with Crippen molar-refractivity contribution in [2.24, 2.45) is 5.92 Å². The van der Waals surface area contributed by atoms with Crippen molar-refractivity contribution in [3.63, 3.8) is 0 Å². The molecule has 2 aromatic rings. The standard InChI is InChI=1S/C15H19N5OS/c1-8-7-22-15(17-8)12(9-2-3-9)18-14(21)13-10-6-16-5-4-11(10)19-20-13/h7,9,12,16H,2-6H2,1H3,(H,18,21)(H,19,20). The van der Waals surface area contributed by atoms with E-state index in [1.54, 1.807) is 11.3 Å². The van der Waals surface area contributed by atoms with E-state index >= 15 is 0 Å². The minimum absolute atomic E-state index is 0.0232. The summed E-state index contributed by atoms with van der Waals surface area (Å²) in [5.74, 6) is 0.424. The second-order valence-electron chi connectivity index (χ2n) is 6.07. The summed E-state index contributed by atoms with van der Waals surface area (Å²) in [5.41, 5.74) is 3.63. The van der Waals surface area contributed by atoms with Crippen LogP contribution < -0.4 is 10.6 Å². The Morgan fingerprint density at radius 3 is 3.09 bits per heavy atom. The summed E-state index contributed by atoms with van der Waals surface area (Å²) >= 11 is 1.63. The van der Waals surface area contributed by atoms with Gasteiger partial charge in [-0.3, -0.25) is 9.89 Å². The van der Waals surface area contributed by atoms with Gasteiger partial charge in [0.15, 0.2) is 5.69 Å². The van der Waals surface area contributed by atoms with Gasteiger partial charge in [0, 0.05) is 41.8 Å². The maximum Gasteiger partial charge on any atom is 0.272 e. The molecule has 3 N–H and O–H groups in total. The van der Waals surface area contributed by atoms with Crippen molar-refractivity contribution >= 4 is 17.2 Å². The smallest absolute Gasteiger partial charge is 0.272 e. The Morgan fingerprint density at radius 1 is 1.50 bits per heavy atom. The highest BCUT2D eigenvalue weighted by Gasteiger charge is 2.36. The normalized spacial score (nSPS) is 18.8. The Bertz CT molecular complexity index is 703. The first-order valence-corrected chi connectivity index (χ1v) is 8.60. The van der Waals surface area contributed by atoms with Crippen molar-refractivity contribution in [1.82, 2.24) is 25.8 Å². The first kappa shape index (κ1) is 13.9. The predicted octanol–water partition coefficient (Wildman–Crippen LogP) is 1.70. The average Bonchev–Trinajstić information content (AvgIpc) is 3.12. The van der Waals surface area contributed by atoms with Crippen LogP contribution in [0.15, 0.2) is 5.38 Å². The molecule has 1 aliphatic carbocycles. The number of nitrogens with one attached hydrogen (secondary N) is 3. The first-order valence-electron chi connectivity index (χ1n) is 7.72. The van der Waals surface area contributed by atoms with Crippen molar-refractivity contribution in [2.75, 3.05) is 6.54 Å². The molecule has 3 heterocycles. The Morgan fingerprint density at radius 2 is 2.36 bits per heavy atom. The fourth-order valence-electron chi connectivity index (χ4n) is 2.95. The first-order chi connectivity index (χ1) is 10.7. The number of aryl methyl sites for hydroxylation is 1. The lowest BCUT2D eigenvalue weighted by atomic mass is 10.1. The van der Waals surface area contributed by atoms with Crippen LogP contribution in [-0.4, -0.2) is 27.6 Å². The number of aromatic amines is 1. The highest BCUT2D eigenvalue weighted by atomic mass is 32.1. The van der Waals surface area contributed by atoms with Crippen molar-refractivity contribution in [1.29, 1.82) is 0 Å². The number of nitrogens with zero attached hydrogens (tertiary/aromatic N) is 2. The van der Waals surface area contributed by atoms with Gasteiger partial charge in [0.2, 0.25) is 0 Å². The Hall–Kier alpha value is -1.73. The van der Waals surface area contributed by atoms with E-state index in [0.717, 1.165) is 47.8 Å². The highest BCUT2D eigenvalue weighted by Crippen LogP contribution is 2.42. The second kappa shape index (κ2) is 5.48. The molecular weight excluding hydrogens is 298 g/mol. The quantitative estimate of drug-likeness (QED) is 0.801. The van der Waals surface area contributed by atoms with Crippen LogP contribution in [0, 0.1) is 12.8 Å². The SMILES string of the molecule is Cc1csc(C(NC(=O)c2n[nH]c3c2CNCC3)C2CC2)n1. The van der Waals surface area contributed by atoms with Gasteiger partial charge in [-0.1, -0.05) is 0 Å². The van der Waals surface area contributed by atoms with E-state index in [2.05, 4.69) is 25.8 Å². The largest absolute Gasteiger partial charge is 0.341 e. The molecule has 0 radical (unpaired) electrons. The van der Waals surface area contributed by atoms with E-state index in [-0.39, 0.29) is 11.9 Å². The number of hydrogen-bond donors (Lipinski definition) is 3. The number of fused-ring (bicyclic) bond motifs is 1. The summed E-state index contributed by atoms with van der Waals surface area (Å²) < 4.78 is 0. The van der Waals surface area contributed by atoms with Gasteiger partial charge in [-0.2, -0.15) is 5.10 Å². The molecule has 0 aromatic carbocycles. The Labute approximate surface area is 132 Å². The molecule has 2 aromatic heterocycles. The van der Waals surface area contributed by atoms with E-state index in [1.165, 1.54) is 0 Å². The summed E-state index contributed by atoms with van der Waals surface area (Å²) in [6, 6.07) is 0.0232. The lowest BCUT2D eigenvalue weighted by molar-refractivity contribution is 0.0925. The molecule has 116 valence electrons. The number of aromatic nitrogens is 3. The van der Waals surface area contributed by atoms with E-state index in [0.29, 0.717) is 18.2 Å². The molecule has 0 saturated heterocycles. The third-order valence-electron chi connectivity index (χ3n) is 4.30. The fraction of sp³-hybridized carbons (Fsp3) is 0.533. The van der Waals surface area contributed by atoms with Crippen molar-refractivity contribution < 1.29 is 4.79 Å². The number of thiazole rings is 1. The van der Waals surface area contributed by atoms with Crippen LogP contribution in [0.1, 0.15) is 51.3 Å². The molecule has 2 aliphatic rings. The zero-order chi connectivity index (χ0) is 15.1. The van der Waals surface area contributed by atoms with Gasteiger partial charge in [0.05, 0.1) is 6.04 Å². The minimum atomic E-state index is -0.0917. The molecule has 1 fully saturated rings. The summed E-state index contributed by atoms with van der Waals surface area (Å²) in [7, 11) is 0. The second-order valence-corrected chi connectivity index (χ2v) is 6.96. The van der Waals surface area contributed by atoms with Crippen LogP contribution in [-0.2, 0) is 13.0 Å². The maximum absolute atomic E-state index is 12.7. The molecule has 7 heteroatoms. The molecule has 1 atom stereocenters. The van der Waals surface area contributed by atoms with Crippen LogP contribution in [0.25, 0.3) is 0 Å². The van der Waals surface area contributed by atoms with Crippen LogP contribution in [0.4, 0.5) is 0 Å². The van der Waals surface area contributed by atoms with E-state index in [9.17, 15) is 4.79 Å². The molecule has 0 bridgehead atoms. The Kier molecular flexibility index (Phi) is 3.46. The summed E-state index contributed by atoms with van der Waals surface area (Å²) in [6.07, 6.45) is 3.21. The molecule has 1 unspecified atom stereocenters. The van der Waals surface area contributed by atoms with Crippen molar-refractivity contribution in [3.8, 4) is 0 Å². The van der Waals surface area contributed by atoms with Gasteiger partial charge < -0.3 is 10.6 Å². The Balaban J connectivity index is 1.56. The topological polar surface area (TPSA) is 82.7 Å². The predicted molar refractivity (Wildman–Crippen MR) is 83.8 cm³/mol. The van der Waals surface area contributed by atoms with Gasteiger partial charge in [-0.05, 0) is 25.7 Å². The zero-order valence-electron chi connectivity index (χ0n) is 12.5. The van der Waals surface area contributed by atoms with Gasteiger partial charge in [0.25, 0.3) is 5.91 Å². The van der Waals surface area contributed by atoms with Crippen molar-refractivity contribution in [2.45, 2.75) is 38.8 Å². The molecule has 0 spiro atoms. The van der Waals surface area contributed by atoms with Crippen LogP contribution >= 0.6 is 11.3 Å². The third kappa shape index (κ3) is 2.55. The number of H-pyrrole nitrogens is 1. The summed E-state index contributed by atoms with van der Waals surface area (Å²) in [6.45, 7) is 3.62. The van der Waals surface area contributed by atoms with Gasteiger partial charge in [-0.25, -0.2) is 4.98 Å². The van der Waals surface area contributed by atoms with Crippen LogP contribution in [0.2, 0.25) is 0 Å². The maximum atomic E-state index is 12.7. The molecular formula is C15H19N5OS. The molecule has 22 heavy (non-hydrogen) atoms. The lowest BCUT2D eigenvalue weighted by Crippen LogP contribution is -2.32. The van der Waals surface area contributed by atoms with Gasteiger partial charge in [-0.15, -0.1) is 11.3 Å². The summed E-state index contributed by atoms with van der Waals surface area (Å²) in [4.78, 5) is 17.2. The molecule has 1 saturated carbocycles. The number of amides is 1. The van der Waals surface area contributed by atoms with Crippen LogP contribution in [0.5, 0.6) is 0 Å². The molecule has 4 rings (SSSR count). The molecule has 1 amide bonds. The van der Waals surface area contributed by atoms with E-state index in [4.69, 9.17) is 0 Å². The minimum Gasteiger partial charge on any atom is -0.341 e. The van der Waals surface area contributed by atoms with Gasteiger partial charge >= 0.3 is 0 Å². The monoisotopic (exact) mass is 317 g/mol. The molecule has 6 nitrogen and oxygen atoms in total. The van der Waals surface area contributed by atoms with Gasteiger partial charge in [0.1, 0.15) is 5.01 Å². The third-order valence-corrected chi connectivity index (χ3v) is 5.35. The summed E-state index contributed by atoms with van der Waals surface area (Å²) in [5, 5.41) is 16.7. The number of carbonyl (C=O) groups is 1. The van der Waals surface area contributed by atoms with E-state index < -0.39 is 0 Å². The van der Waals surface area contributed by atoms with E-state index in [1.807, 2.05) is 12.3 Å². The highest BCUT2D eigenvalue weighted by molar-refractivity contribution is 7.09. The number of hydrogen-bond acceptors (Lipinski definition) is 5. The van der Waals surface area contributed by atoms with Crippen molar-refractivity contribution in [3.05, 3.63) is 33.0 Å². The van der Waals surface area contributed by atoms with Crippen LogP contribution in [0.3, 0.4) is 0 Å². The number of rotatable bonds is 4. The lowest BCUT2D eigenvalue weighted by Gasteiger charge is -2.17. The number of carbonyl (C=O) groups excluding carboxylic acids is 1. The zero-order valence-corrected chi connectivity index (χ0v) is 13.3. The average molecular weight is 317 g/mol.